The minimum absolute atomic E-state index is 0.195. The molecule has 0 aliphatic rings. The van der Waals surface area contributed by atoms with Gasteiger partial charge in [0.25, 0.3) is 0 Å². The number of nitrogens with one attached hydrogen (secondary N) is 1. The predicted octanol–water partition coefficient (Wildman–Crippen LogP) is 5.08. The van der Waals surface area contributed by atoms with Crippen molar-refractivity contribution in [2.45, 2.75) is 6.04 Å². The van der Waals surface area contributed by atoms with Crippen LogP contribution in [-0.2, 0) is 0 Å². The second-order valence-electron chi connectivity index (χ2n) is 3.54. The molecule has 17 heavy (non-hydrogen) atoms. The molecule has 1 atom stereocenters. The summed E-state index contributed by atoms with van der Waals surface area (Å²) in [5, 5.41) is 4.10. The molecule has 0 fully saturated rings. The largest absolute Gasteiger partial charge is 0.309 e. The number of hydrogen-bond donors (Lipinski definition) is 1. The summed E-state index contributed by atoms with van der Waals surface area (Å²) in [6, 6.07) is 10.7. The van der Waals surface area contributed by atoms with E-state index in [1.807, 2.05) is 13.1 Å². The molecular formula is C12H10BrClINS. The van der Waals surface area contributed by atoms with E-state index in [9.17, 15) is 0 Å². The summed E-state index contributed by atoms with van der Waals surface area (Å²) in [6.45, 7) is 0. The van der Waals surface area contributed by atoms with Gasteiger partial charge in [-0.15, -0.1) is 11.3 Å². The van der Waals surface area contributed by atoms with Crippen LogP contribution in [0.15, 0.2) is 34.1 Å². The molecule has 1 aromatic heterocycles. The van der Waals surface area contributed by atoms with Gasteiger partial charge in [0.2, 0.25) is 0 Å². The van der Waals surface area contributed by atoms with E-state index in [1.54, 1.807) is 11.3 Å². The Balaban J connectivity index is 2.36. The van der Waals surface area contributed by atoms with Crippen molar-refractivity contribution < 1.29 is 0 Å². The molecule has 90 valence electrons. The quantitative estimate of drug-likeness (QED) is 0.654. The molecule has 0 saturated carbocycles. The van der Waals surface area contributed by atoms with Gasteiger partial charge in [0.05, 0.1) is 14.9 Å². The minimum atomic E-state index is 0.195. The fourth-order valence-electron chi connectivity index (χ4n) is 1.63. The number of thiophene rings is 1. The SMILES string of the molecule is CNC(c1ccc(I)cc1)c1cc(Cl)c(Br)s1. The van der Waals surface area contributed by atoms with Crippen molar-refractivity contribution in [1.82, 2.24) is 5.32 Å². The van der Waals surface area contributed by atoms with Gasteiger partial charge < -0.3 is 5.32 Å². The van der Waals surface area contributed by atoms with Crippen LogP contribution in [0.25, 0.3) is 0 Å². The fraction of sp³-hybridized carbons (Fsp3) is 0.167. The standard InChI is InChI=1S/C12H10BrClINS/c1-16-11(7-2-4-8(15)5-3-7)10-6-9(14)12(13)17-10/h2-6,11,16H,1H3. The summed E-state index contributed by atoms with van der Waals surface area (Å²) in [6.07, 6.45) is 0. The van der Waals surface area contributed by atoms with Gasteiger partial charge in [-0.1, -0.05) is 23.7 Å². The zero-order chi connectivity index (χ0) is 12.4. The molecular weight excluding hydrogens is 432 g/mol. The Morgan fingerprint density at radius 1 is 1.35 bits per heavy atom. The Labute approximate surface area is 132 Å². The third kappa shape index (κ3) is 3.23. The molecule has 1 N–H and O–H groups in total. The Morgan fingerprint density at radius 2 is 2.00 bits per heavy atom. The van der Waals surface area contributed by atoms with Crippen molar-refractivity contribution in [2.24, 2.45) is 0 Å². The first-order chi connectivity index (χ1) is 8.11. The van der Waals surface area contributed by atoms with Gasteiger partial charge in [0.15, 0.2) is 0 Å². The van der Waals surface area contributed by atoms with E-state index in [1.165, 1.54) is 14.0 Å². The third-order valence-electron chi connectivity index (χ3n) is 2.44. The smallest absolute Gasteiger partial charge is 0.0888 e. The molecule has 1 aromatic carbocycles. The normalized spacial score (nSPS) is 12.7. The van der Waals surface area contributed by atoms with Crippen molar-refractivity contribution in [2.75, 3.05) is 7.05 Å². The van der Waals surface area contributed by atoms with Crippen LogP contribution in [0.1, 0.15) is 16.5 Å². The highest BCUT2D eigenvalue weighted by atomic mass is 127. The van der Waals surface area contributed by atoms with Crippen LogP contribution in [0.3, 0.4) is 0 Å². The maximum atomic E-state index is 6.08. The van der Waals surface area contributed by atoms with Gasteiger partial charge in [-0.2, -0.15) is 0 Å². The molecule has 2 aromatic rings. The minimum Gasteiger partial charge on any atom is -0.309 e. The van der Waals surface area contributed by atoms with Crippen LogP contribution >= 0.6 is 61.5 Å². The molecule has 0 radical (unpaired) electrons. The molecule has 0 aliphatic carbocycles. The van der Waals surface area contributed by atoms with E-state index < -0.39 is 0 Å². The summed E-state index contributed by atoms with van der Waals surface area (Å²) in [4.78, 5) is 1.21. The van der Waals surface area contributed by atoms with Crippen molar-refractivity contribution in [1.29, 1.82) is 0 Å². The monoisotopic (exact) mass is 441 g/mol. The van der Waals surface area contributed by atoms with Crippen LogP contribution in [0.4, 0.5) is 0 Å². The Bertz CT molecular complexity index is 492. The number of rotatable bonds is 3. The maximum Gasteiger partial charge on any atom is 0.0888 e. The Hall–Kier alpha value is 0.380. The third-order valence-corrected chi connectivity index (χ3v) is 5.70. The number of benzene rings is 1. The lowest BCUT2D eigenvalue weighted by atomic mass is 10.1. The molecule has 0 amide bonds. The van der Waals surface area contributed by atoms with E-state index in [2.05, 4.69) is 68.1 Å². The molecule has 1 nitrogen and oxygen atoms in total. The molecule has 1 heterocycles. The van der Waals surface area contributed by atoms with Crippen LogP contribution in [0.2, 0.25) is 5.02 Å². The lowest BCUT2D eigenvalue weighted by Crippen LogP contribution is -2.16. The average molecular weight is 443 g/mol. The first-order valence-electron chi connectivity index (χ1n) is 4.99. The zero-order valence-electron chi connectivity index (χ0n) is 9.01. The predicted molar refractivity (Wildman–Crippen MR) is 87.1 cm³/mol. The molecule has 0 saturated heterocycles. The average Bonchev–Trinajstić information content (AvgIpc) is 2.63. The second kappa shape index (κ2) is 6.02. The second-order valence-corrected chi connectivity index (χ2v) is 7.60. The van der Waals surface area contributed by atoms with Gasteiger partial charge >= 0.3 is 0 Å². The van der Waals surface area contributed by atoms with E-state index in [4.69, 9.17) is 11.6 Å². The van der Waals surface area contributed by atoms with Gasteiger partial charge in [-0.25, -0.2) is 0 Å². The lowest BCUT2D eigenvalue weighted by molar-refractivity contribution is 0.704. The van der Waals surface area contributed by atoms with E-state index in [-0.39, 0.29) is 6.04 Å². The van der Waals surface area contributed by atoms with Crippen molar-refractivity contribution in [3.8, 4) is 0 Å². The molecule has 5 heteroatoms. The Kier molecular flexibility index (Phi) is 4.88. The first kappa shape index (κ1) is 13.8. The Morgan fingerprint density at radius 3 is 2.47 bits per heavy atom. The van der Waals surface area contributed by atoms with Gasteiger partial charge in [-0.05, 0) is 69.3 Å². The highest BCUT2D eigenvalue weighted by molar-refractivity contribution is 14.1. The van der Waals surface area contributed by atoms with Crippen molar-refractivity contribution in [3.63, 3.8) is 0 Å². The summed E-state index contributed by atoms with van der Waals surface area (Å²) in [7, 11) is 1.96. The molecule has 0 spiro atoms. The van der Waals surface area contributed by atoms with Crippen molar-refractivity contribution in [3.05, 3.63) is 53.2 Å². The summed E-state index contributed by atoms with van der Waals surface area (Å²) in [5.74, 6) is 0. The van der Waals surface area contributed by atoms with E-state index >= 15 is 0 Å². The highest BCUT2D eigenvalue weighted by Crippen LogP contribution is 2.37. The summed E-state index contributed by atoms with van der Waals surface area (Å²) >= 11 is 13.5. The van der Waals surface area contributed by atoms with Crippen molar-refractivity contribution >= 4 is 61.5 Å². The maximum absolute atomic E-state index is 6.08. The van der Waals surface area contributed by atoms with Crippen LogP contribution in [0, 0.1) is 3.57 Å². The van der Waals surface area contributed by atoms with Crippen LogP contribution < -0.4 is 5.32 Å². The number of halogens is 3. The molecule has 0 bridgehead atoms. The topological polar surface area (TPSA) is 12.0 Å². The summed E-state index contributed by atoms with van der Waals surface area (Å²) in [5.41, 5.74) is 1.25. The van der Waals surface area contributed by atoms with Gasteiger partial charge in [0.1, 0.15) is 0 Å². The molecule has 1 unspecified atom stereocenters. The molecule has 2 rings (SSSR count). The van der Waals surface area contributed by atoms with Gasteiger partial charge in [0, 0.05) is 8.45 Å². The zero-order valence-corrected chi connectivity index (χ0v) is 14.3. The highest BCUT2D eigenvalue weighted by Gasteiger charge is 2.16. The lowest BCUT2D eigenvalue weighted by Gasteiger charge is -2.14. The fourth-order valence-corrected chi connectivity index (χ4v) is 3.88. The first-order valence-corrected chi connectivity index (χ1v) is 8.06. The van der Waals surface area contributed by atoms with Crippen LogP contribution in [-0.4, -0.2) is 7.05 Å². The summed E-state index contributed by atoms with van der Waals surface area (Å²) < 4.78 is 2.23. The van der Waals surface area contributed by atoms with E-state index in [0.717, 1.165) is 8.81 Å². The van der Waals surface area contributed by atoms with E-state index in [0.29, 0.717) is 0 Å². The number of hydrogen-bond acceptors (Lipinski definition) is 2. The molecule has 0 aliphatic heterocycles. The van der Waals surface area contributed by atoms with Crippen LogP contribution in [0.5, 0.6) is 0 Å². The van der Waals surface area contributed by atoms with Gasteiger partial charge in [-0.3, -0.25) is 0 Å².